The highest BCUT2D eigenvalue weighted by molar-refractivity contribution is 6.02. The van der Waals surface area contributed by atoms with Gasteiger partial charge in [-0.15, -0.1) is 0 Å². The number of nitrogens with one attached hydrogen (secondary N) is 1. The van der Waals surface area contributed by atoms with Crippen LogP contribution in [0.4, 0.5) is 0 Å². The second kappa shape index (κ2) is 7.75. The van der Waals surface area contributed by atoms with Crippen LogP contribution >= 0.6 is 0 Å². The smallest absolute Gasteiger partial charge is 0.244 e. The minimum atomic E-state index is -0.106. The van der Waals surface area contributed by atoms with Crippen molar-refractivity contribution >= 4 is 22.4 Å². The Morgan fingerprint density at radius 1 is 0.920 bits per heavy atom. The molecule has 0 aliphatic rings. The van der Waals surface area contributed by atoms with E-state index in [1.54, 1.807) is 0 Å². The molecule has 3 rings (SSSR count). The summed E-state index contributed by atoms with van der Waals surface area (Å²) < 4.78 is 0. The monoisotopic (exact) mass is 330 g/mol. The van der Waals surface area contributed by atoms with Crippen LogP contribution in [0, 0.1) is 5.92 Å². The van der Waals surface area contributed by atoms with Gasteiger partial charge in [-0.25, -0.2) is 5.43 Å². The minimum absolute atomic E-state index is 0.106. The molecule has 0 spiro atoms. The van der Waals surface area contributed by atoms with E-state index in [0.29, 0.717) is 6.42 Å². The summed E-state index contributed by atoms with van der Waals surface area (Å²) in [6.45, 7) is 4.14. The van der Waals surface area contributed by atoms with Gasteiger partial charge in [0.2, 0.25) is 5.91 Å². The maximum absolute atomic E-state index is 12.4. The number of nitrogens with zero attached hydrogens (tertiary/aromatic N) is 1. The number of carbonyl (C=O) groups is 1. The topological polar surface area (TPSA) is 41.5 Å². The summed E-state index contributed by atoms with van der Waals surface area (Å²) >= 11 is 0. The van der Waals surface area contributed by atoms with Crippen LogP contribution in [0.2, 0.25) is 0 Å². The van der Waals surface area contributed by atoms with E-state index in [9.17, 15) is 4.79 Å². The van der Waals surface area contributed by atoms with Gasteiger partial charge in [-0.3, -0.25) is 4.79 Å². The maximum atomic E-state index is 12.4. The first-order valence-corrected chi connectivity index (χ1v) is 8.53. The van der Waals surface area contributed by atoms with Gasteiger partial charge in [-0.1, -0.05) is 86.6 Å². The van der Waals surface area contributed by atoms with E-state index < -0.39 is 0 Å². The van der Waals surface area contributed by atoms with Crippen LogP contribution in [-0.4, -0.2) is 11.6 Å². The molecule has 1 amide bonds. The van der Waals surface area contributed by atoms with Crippen LogP contribution in [0.1, 0.15) is 25.0 Å². The fourth-order valence-corrected chi connectivity index (χ4v) is 2.92. The molecular formula is C22H22N2O. The molecule has 3 aromatic carbocycles. The Bertz CT molecular complexity index is 893. The van der Waals surface area contributed by atoms with Gasteiger partial charge in [0.05, 0.1) is 12.1 Å². The van der Waals surface area contributed by atoms with E-state index in [2.05, 4.69) is 36.5 Å². The standard InChI is InChI=1S/C22H22N2O/c1-16(2)22(18-10-4-3-5-11-18)24-23-21(25)15-19-13-8-12-17-9-6-7-14-20(17)19/h3-14,16H,15H2,1-2H3,(H,23,25)/b24-22+. The Balaban J connectivity index is 1.77. The predicted octanol–water partition coefficient (Wildman–Crippen LogP) is 4.56. The Morgan fingerprint density at radius 3 is 2.36 bits per heavy atom. The van der Waals surface area contributed by atoms with Crippen molar-refractivity contribution in [3.8, 4) is 0 Å². The lowest BCUT2D eigenvalue weighted by Gasteiger charge is -2.11. The van der Waals surface area contributed by atoms with Crippen molar-refractivity contribution in [2.45, 2.75) is 20.3 Å². The molecule has 0 fully saturated rings. The number of carbonyl (C=O) groups excluding carboxylic acids is 1. The largest absolute Gasteiger partial charge is 0.273 e. The number of rotatable bonds is 5. The summed E-state index contributed by atoms with van der Waals surface area (Å²) in [4.78, 5) is 12.4. The Morgan fingerprint density at radius 2 is 1.60 bits per heavy atom. The molecule has 3 heteroatoms. The molecule has 3 nitrogen and oxygen atoms in total. The zero-order chi connectivity index (χ0) is 17.6. The summed E-state index contributed by atoms with van der Waals surface area (Å²) in [5.74, 6) is 0.116. The summed E-state index contributed by atoms with van der Waals surface area (Å²) in [5.41, 5.74) is 5.65. The quantitative estimate of drug-likeness (QED) is 0.541. The number of fused-ring (bicyclic) bond motifs is 1. The van der Waals surface area contributed by atoms with E-state index in [0.717, 1.165) is 27.6 Å². The first-order chi connectivity index (χ1) is 12.1. The van der Waals surface area contributed by atoms with Crippen LogP contribution in [0.5, 0.6) is 0 Å². The number of hydrogen-bond acceptors (Lipinski definition) is 2. The molecule has 0 radical (unpaired) electrons. The van der Waals surface area contributed by atoms with Crippen LogP contribution in [0.15, 0.2) is 77.9 Å². The van der Waals surface area contributed by atoms with Crippen LogP contribution in [-0.2, 0) is 11.2 Å². The highest BCUT2D eigenvalue weighted by atomic mass is 16.2. The lowest BCUT2D eigenvalue weighted by Crippen LogP contribution is -2.23. The van der Waals surface area contributed by atoms with Gasteiger partial charge in [0, 0.05) is 0 Å². The average Bonchev–Trinajstić information content (AvgIpc) is 2.63. The SMILES string of the molecule is CC(C)/C(=N\NC(=O)Cc1cccc2ccccc12)c1ccccc1. The third kappa shape index (κ3) is 4.13. The molecule has 0 aliphatic heterocycles. The lowest BCUT2D eigenvalue weighted by atomic mass is 10.0. The van der Waals surface area contributed by atoms with Gasteiger partial charge < -0.3 is 0 Å². The Kier molecular flexibility index (Phi) is 5.24. The predicted molar refractivity (Wildman–Crippen MR) is 104 cm³/mol. The molecule has 0 atom stereocenters. The van der Waals surface area contributed by atoms with E-state index in [-0.39, 0.29) is 11.8 Å². The molecule has 25 heavy (non-hydrogen) atoms. The second-order valence-electron chi connectivity index (χ2n) is 6.37. The van der Waals surface area contributed by atoms with Crippen molar-refractivity contribution in [3.05, 3.63) is 83.9 Å². The van der Waals surface area contributed by atoms with Crippen molar-refractivity contribution in [1.82, 2.24) is 5.43 Å². The molecule has 0 heterocycles. The molecule has 0 saturated carbocycles. The van der Waals surface area contributed by atoms with Gasteiger partial charge in [0.25, 0.3) is 0 Å². The van der Waals surface area contributed by atoms with Crippen LogP contribution in [0.25, 0.3) is 10.8 Å². The fraction of sp³-hybridized carbons (Fsp3) is 0.182. The van der Waals surface area contributed by atoms with Crippen LogP contribution < -0.4 is 5.43 Å². The van der Waals surface area contributed by atoms with Crippen molar-refractivity contribution in [2.24, 2.45) is 11.0 Å². The maximum Gasteiger partial charge on any atom is 0.244 e. The van der Waals surface area contributed by atoms with E-state index in [4.69, 9.17) is 0 Å². The highest BCUT2D eigenvalue weighted by Gasteiger charge is 2.10. The van der Waals surface area contributed by atoms with E-state index >= 15 is 0 Å². The number of benzene rings is 3. The van der Waals surface area contributed by atoms with Gasteiger partial charge in [-0.05, 0) is 27.8 Å². The second-order valence-corrected chi connectivity index (χ2v) is 6.37. The lowest BCUT2D eigenvalue weighted by molar-refractivity contribution is -0.120. The molecule has 0 bridgehead atoms. The fourth-order valence-electron chi connectivity index (χ4n) is 2.92. The zero-order valence-corrected chi connectivity index (χ0v) is 14.6. The van der Waals surface area contributed by atoms with Gasteiger partial charge in [0.15, 0.2) is 0 Å². The summed E-state index contributed by atoms with van der Waals surface area (Å²) in [7, 11) is 0. The Hall–Kier alpha value is -2.94. The van der Waals surface area contributed by atoms with Gasteiger partial charge in [-0.2, -0.15) is 5.10 Å². The summed E-state index contributed by atoms with van der Waals surface area (Å²) in [6, 6.07) is 24.1. The van der Waals surface area contributed by atoms with E-state index in [1.165, 1.54) is 0 Å². The molecule has 0 unspecified atom stereocenters. The summed E-state index contributed by atoms with van der Waals surface area (Å²) in [5, 5.41) is 6.64. The molecule has 0 aliphatic carbocycles. The van der Waals surface area contributed by atoms with Crippen molar-refractivity contribution in [2.75, 3.05) is 0 Å². The van der Waals surface area contributed by atoms with Crippen LogP contribution in [0.3, 0.4) is 0 Å². The first-order valence-electron chi connectivity index (χ1n) is 8.53. The number of amides is 1. The molecule has 0 aromatic heterocycles. The molecule has 3 aromatic rings. The third-order valence-electron chi connectivity index (χ3n) is 4.15. The highest BCUT2D eigenvalue weighted by Crippen LogP contribution is 2.18. The molecule has 126 valence electrons. The van der Waals surface area contributed by atoms with E-state index in [1.807, 2.05) is 60.7 Å². The summed E-state index contributed by atoms with van der Waals surface area (Å²) in [6.07, 6.45) is 0.311. The Labute approximate surface area is 148 Å². The third-order valence-corrected chi connectivity index (χ3v) is 4.15. The molecule has 0 saturated heterocycles. The zero-order valence-electron chi connectivity index (χ0n) is 14.6. The molecular weight excluding hydrogens is 308 g/mol. The van der Waals surface area contributed by atoms with Gasteiger partial charge in [0.1, 0.15) is 0 Å². The van der Waals surface area contributed by atoms with Gasteiger partial charge >= 0.3 is 0 Å². The first kappa shape index (κ1) is 16.9. The molecule has 1 N–H and O–H groups in total. The minimum Gasteiger partial charge on any atom is -0.273 e. The van der Waals surface area contributed by atoms with Crippen molar-refractivity contribution in [3.63, 3.8) is 0 Å². The number of hydrogen-bond donors (Lipinski definition) is 1. The average molecular weight is 330 g/mol. The van der Waals surface area contributed by atoms with Crippen molar-refractivity contribution in [1.29, 1.82) is 0 Å². The van der Waals surface area contributed by atoms with Crippen molar-refractivity contribution < 1.29 is 4.79 Å². The normalized spacial score (nSPS) is 11.7. The number of hydrazone groups is 1.